The molecule has 0 amide bonds. The fraction of sp³-hybridized carbons (Fsp3) is 0.0714. The van der Waals surface area contributed by atoms with Crippen LogP contribution < -0.4 is 10.6 Å². The highest BCUT2D eigenvalue weighted by atomic mass is 79.9. The maximum atomic E-state index is 12.7. The number of nitrogens with one attached hydrogen (secondary N) is 2. The number of para-hydroxylation sites is 1. The molecule has 0 radical (unpaired) electrons. The van der Waals surface area contributed by atoms with Gasteiger partial charge in [-0.3, -0.25) is 0 Å². The van der Waals surface area contributed by atoms with Gasteiger partial charge >= 0.3 is 6.18 Å². The predicted octanol–water partition coefficient (Wildman–Crippen LogP) is 5.28. The highest BCUT2D eigenvalue weighted by Gasteiger charge is 2.30. The monoisotopic (exact) mass is 374 g/mol. The molecule has 0 aliphatic carbocycles. The summed E-state index contributed by atoms with van der Waals surface area (Å²) >= 11 is 8.28. The molecular weight excluding hydrogens is 365 g/mol. The highest BCUT2D eigenvalue weighted by Crippen LogP contribution is 2.34. The largest absolute Gasteiger partial charge is 0.416 e. The summed E-state index contributed by atoms with van der Waals surface area (Å²) in [6.07, 6.45) is -4.40. The molecule has 2 aromatic rings. The molecule has 0 atom stereocenters. The van der Waals surface area contributed by atoms with Crippen LogP contribution in [0, 0.1) is 0 Å². The first kappa shape index (κ1) is 15.8. The zero-order valence-electron chi connectivity index (χ0n) is 10.5. The summed E-state index contributed by atoms with van der Waals surface area (Å²) in [4.78, 5) is 0. The second kappa shape index (κ2) is 6.44. The first-order chi connectivity index (χ1) is 9.86. The Labute approximate surface area is 133 Å². The molecule has 0 fully saturated rings. The Kier molecular flexibility index (Phi) is 4.84. The minimum absolute atomic E-state index is 0.209. The SMILES string of the molecule is FC(F)(F)c1ccc(Br)c(NC(=S)Nc2ccccc2)c1. The number of alkyl halides is 3. The first-order valence-electron chi connectivity index (χ1n) is 5.86. The van der Waals surface area contributed by atoms with Crippen molar-refractivity contribution < 1.29 is 13.2 Å². The Balaban J connectivity index is 2.14. The molecule has 0 heterocycles. The smallest absolute Gasteiger partial charge is 0.332 e. The zero-order chi connectivity index (χ0) is 15.5. The third kappa shape index (κ3) is 4.44. The van der Waals surface area contributed by atoms with Gasteiger partial charge in [-0.05, 0) is 58.5 Å². The fourth-order valence-electron chi connectivity index (χ4n) is 1.60. The van der Waals surface area contributed by atoms with E-state index >= 15 is 0 Å². The molecule has 0 aliphatic rings. The Morgan fingerprint density at radius 1 is 1.00 bits per heavy atom. The molecule has 2 rings (SSSR count). The van der Waals surface area contributed by atoms with Gasteiger partial charge in [-0.1, -0.05) is 18.2 Å². The summed E-state index contributed by atoms with van der Waals surface area (Å²) in [5, 5.41) is 5.85. The van der Waals surface area contributed by atoms with Gasteiger partial charge in [-0.15, -0.1) is 0 Å². The summed E-state index contributed by atoms with van der Waals surface area (Å²) in [5.41, 5.74) is 0.257. The van der Waals surface area contributed by atoms with Crippen LogP contribution in [0.3, 0.4) is 0 Å². The van der Waals surface area contributed by atoms with E-state index in [1.807, 2.05) is 18.2 Å². The second-order valence-electron chi connectivity index (χ2n) is 4.14. The number of halogens is 4. The van der Waals surface area contributed by atoms with Gasteiger partial charge in [0.15, 0.2) is 5.11 Å². The Morgan fingerprint density at radius 2 is 1.67 bits per heavy atom. The number of benzene rings is 2. The molecule has 2 aromatic carbocycles. The van der Waals surface area contributed by atoms with Gasteiger partial charge in [-0.25, -0.2) is 0 Å². The number of thiocarbonyl (C=S) groups is 1. The molecule has 0 spiro atoms. The number of anilines is 2. The second-order valence-corrected chi connectivity index (χ2v) is 5.40. The van der Waals surface area contributed by atoms with E-state index in [2.05, 4.69) is 26.6 Å². The van der Waals surface area contributed by atoms with Crippen molar-refractivity contribution in [3.8, 4) is 0 Å². The van der Waals surface area contributed by atoms with Gasteiger partial charge in [-0.2, -0.15) is 13.2 Å². The Morgan fingerprint density at radius 3 is 2.29 bits per heavy atom. The summed E-state index contributed by atoms with van der Waals surface area (Å²) < 4.78 is 38.6. The summed E-state index contributed by atoms with van der Waals surface area (Å²) in [5.74, 6) is 0. The van der Waals surface area contributed by atoms with Crippen molar-refractivity contribution in [1.82, 2.24) is 0 Å². The molecule has 2 N–H and O–H groups in total. The minimum Gasteiger partial charge on any atom is -0.332 e. The average Bonchev–Trinajstić information content (AvgIpc) is 2.41. The van der Waals surface area contributed by atoms with Crippen molar-refractivity contribution in [1.29, 1.82) is 0 Å². The van der Waals surface area contributed by atoms with E-state index in [0.717, 1.165) is 17.8 Å². The van der Waals surface area contributed by atoms with E-state index in [9.17, 15) is 13.2 Å². The van der Waals surface area contributed by atoms with Gasteiger partial charge in [0.25, 0.3) is 0 Å². The van der Waals surface area contributed by atoms with Gasteiger partial charge < -0.3 is 10.6 Å². The molecular formula is C14H10BrF3N2S. The van der Waals surface area contributed by atoms with E-state index < -0.39 is 11.7 Å². The lowest BCUT2D eigenvalue weighted by atomic mass is 10.2. The van der Waals surface area contributed by atoms with Crippen molar-refractivity contribution in [2.75, 3.05) is 10.6 Å². The van der Waals surface area contributed by atoms with Crippen LogP contribution in [-0.4, -0.2) is 5.11 Å². The summed E-state index contributed by atoms with van der Waals surface area (Å²) in [6, 6.07) is 12.4. The fourth-order valence-corrected chi connectivity index (χ4v) is 2.18. The number of hydrogen-bond acceptors (Lipinski definition) is 1. The van der Waals surface area contributed by atoms with Gasteiger partial charge in [0, 0.05) is 10.2 Å². The van der Waals surface area contributed by atoms with Gasteiger partial charge in [0.2, 0.25) is 0 Å². The maximum Gasteiger partial charge on any atom is 0.416 e. The molecule has 0 saturated carbocycles. The van der Waals surface area contributed by atoms with Crippen LogP contribution in [0.15, 0.2) is 53.0 Å². The molecule has 0 bridgehead atoms. The standard InChI is InChI=1S/C14H10BrF3N2S/c15-11-7-6-9(14(16,17)18)8-12(11)20-13(21)19-10-4-2-1-3-5-10/h1-8H,(H2,19,20,21). The maximum absolute atomic E-state index is 12.7. The van der Waals surface area contributed by atoms with E-state index in [1.165, 1.54) is 6.07 Å². The lowest BCUT2D eigenvalue weighted by molar-refractivity contribution is -0.137. The zero-order valence-corrected chi connectivity index (χ0v) is 12.9. The average molecular weight is 375 g/mol. The molecule has 7 heteroatoms. The topological polar surface area (TPSA) is 24.1 Å². The lowest BCUT2D eigenvalue weighted by Gasteiger charge is -2.14. The van der Waals surface area contributed by atoms with E-state index in [4.69, 9.17) is 12.2 Å². The molecule has 0 aromatic heterocycles. The number of hydrogen-bond donors (Lipinski definition) is 2. The molecule has 0 saturated heterocycles. The Hall–Kier alpha value is -1.60. The van der Waals surface area contributed by atoms with Gasteiger partial charge in [0.1, 0.15) is 0 Å². The van der Waals surface area contributed by atoms with Gasteiger partial charge in [0.05, 0.1) is 11.3 Å². The summed E-state index contributed by atoms with van der Waals surface area (Å²) in [7, 11) is 0. The molecule has 110 valence electrons. The van der Waals surface area contributed by atoms with Crippen molar-refractivity contribution in [3.05, 3.63) is 58.6 Å². The van der Waals surface area contributed by atoms with Crippen LogP contribution in [0.1, 0.15) is 5.56 Å². The molecule has 2 nitrogen and oxygen atoms in total. The van der Waals surface area contributed by atoms with Crippen molar-refractivity contribution in [2.45, 2.75) is 6.18 Å². The predicted molar refractivity (Wildman–Crippen MR) is 85.4 cm³/mol. The van der Waals surface area contributed by atoms with Crippen LogP contribution in [0.2, 0.25) is 0 Å². The van der Waals surface area contributed by atoms with Crippen molar-refractivity contribution >= 4 is 44.6 Å². The van der Waals surface area contributed by atoms with E-state index in [-0.39, 0.29) is 10.8 Å². The molecule has 0 aliphatic heterocycles. The van der Waals surface area contributed by atoms with Crippen LogP contribution in [0.4, 0.5) is 24.5 Å². The van der Waals surface area contributed by atoms with Crippen LogP contribution in [0.25, 0.3) is 0 Å². The third-order valence-electron chi connectivity index (χ3n) is 2.57. The quantitative estimate of drug-likeness (QED) is 0.699. The highest BCUT2D eigenvalue weighted by molar-refractivity contribution is 9.10. The first-order valence-corrected chi connectivity index (χ1v) is 7.06. The molecule has 0 unspecified atom stereocenters. The minimum atomic E-state index is -4.40. The normalized spacial score (nSPS) is 11.0. The van der Waals surface area contributed by atoms with Crippen molar-refractivity contribution in [3.63, 3.8) is 0 Å². The lowest BCUT2D eigenvalue weighted by Crippen LogP contribution is -2.19. The number of rotatable bonds is 2. The Bertz CT molecular complexity index is 644. The van der Waals surface area contributed by atoms with Crippen LogP contribution >= 0.6 is 28.1 Å². The molecule has 21 heavy (non-hydrogen) atoms. The van der Waals surface area contributed by atoms with E-state index in [1.54, 1.807) is 12.1 Å². The van der Waals surface area contributed by atoms with Crippen molar-refractivity contribution in [2.24, 2.45) is 0 Å². The van der Waals surface area contributed by atoms with E-state index in [0.29, 0.717) is 4.47 Å². The van der Waals surface area contributed by atoms with Crippen LogP contribution in [-0.2, 0) is 6.18 Å². The third-order valence-corrected chi connectivity index (χ3v) is 3.47. The summed E-state index contributed by atoms with van der Waals surface area (Å²) in [6.45, 7) is 0. The van der Waals surface area contributed by atoms with Crippen LogP contribution in [0.5, 0.6) is 0 Å².